The number of nitrogens with one attached hydrogen (secondary N) is 2. The number of amides is 3. The van der Waals surface area contributed by atoms with Crippen LogP contribution in [0.3, 0.4) is 0 Å². The normalized spacial score (nSPS) is 16.3. The lowest BCUT2D eigenvalue weighted by atomic mass is 9.97. The number of piperidine rings is 1. The number of para-hydroxylation sites is 1. The molecule has 0 aliphatic carbocycles. The van der Waals surface area contributed by atoms with E-state index < -0.39 is 0 Å². The molecule has 0 aromatic heterocycles. The van der Waals surface area contributed by atoms with E-state index >= 15 is 0 Å². The van der Waals surface area contributed by atoms with Crippen molar-refractivity contribution in [1.29, 1.82) is 0 Å². The maximum absolute atomic E-state index is 12.5. The van der Waals surface area contributed by atoms with Gasteiger partial charge in [0.2, 0.25) is 5.91 Å². The van der Waals surface area contributed by atoms with Crippen molar-refractivity contribution >= 4 is 17.6 Å². The highest BCUT2D eigenvalue weighted by Crippen LogP contribution is 2.18. The number of urea groups is 1. The monoisotopic (exact) mass is 381 g/mol. The number of hydrogen-bond donors (Lipinski definition) is 2. The lowest BCUT2D eigenvalue weighted by Gasteiger charge is -2.32. The average molecular weight is 381 g/mol. The second-order valence-corrected chi connectivity index (χ2v) is 7.03. The molecular formula is C22H27N3O3. The Kier molecular flexibility index (Phi) is 6.89. The van der Waals surface area contributed by atoms with E-state index in [-0.39, 0.29) is 17.9 Å². The molecule has 1 heterocycles. The van der Waals surface area contributed by atoms with E-state index in [1.807, 2.05) is 61.5 Å². The molecule has 28 heavy (non-hydrogen) atoms. The molecule has 0 unspecified atom stereocenters. The second-order valence-electron chi connectivity index (χ2n) is 7.03. The third-order valence-corrected chi connectivity index (χ3v) is 4.80. The van der Waals surface area contributed by atoms with Crippen LogP contribution in [-0.2, 0) is 4.79 Å². The topological polar surface area (TPSA) is 70.7 Å². The predicted molar refractivity (Wildman–Crippen MR) is 109 cm³/mol. The molecule has 1 atom stereocenters. The largest absolute Gasteiger partial charge is 0.492 e. The first-order valence-electron chi connectivity index (χ1n) is 9.70. The zero-order valence-corrected chi connectivity index (χ0v) is 16.2. The summed E-state index contributed by atoms with van der Waals surface area (Å²) < 4.78 is 5.64. The van der Waals surface area contributed by atoms with Crippen molar-refractivity contribution in [3.63, 3.8) is 0 Å². The summed E-state index contributed by atoms with van der Waals surface area (Å²) in [7, 11) is 0. The first-order chi connectivity index (χ1) is 13.6. The van der Waals surface area contributed by atoms with Gasteiger partial charge in [0.1, 0.15) is 12.4 Å². The van der Waals surface area contributed by atoms with Crippen molar-refractivity contribution in [1.82, 2.24) is 10.2 Å². The highest BCUT2D eigenvalue weighted by Gasteiger charge is 2.28. The number of nitrogens with zero attached hydrogens (tertiary/aromatic N) is 1. The van der Waals surface area contributed by atoms with E-state index in [0.717, 1.165) is 24.3 Å². The van der Waals surface area contributed by atoms with Gasteiger partial charge in [-0.05, 0) is 44.0 Å². The highest BCUT2D eigenvalue weighted by molar-refractivity contribution is 5.90. The number of hydrogen-bond acceptors (Lipinski definition) is 3. The van der Waals surface area contributed by atoms with Gasteiger partial charge in [0.15, 0.2) is 0 Å². The van der Waals surface area contributed by atoms with Crippen LogP contribution in [0.25, 0.3) is 0 Å². The Morgan fingerprint density at radius 2 is 1.86 bits per heavy atom. The maximum Gasteiger partial charge on any atom is 0.321 e. The van der Waals surface area contributed by atoms with E-state index in [1.54, 1.807) is 4.90 Å². The Morgan fingerprint density at radius 1 is 1.11 bits per heavy atom. The van der Waals surface area contributed by atoms with Gasteiger partial charge in [0.05, 0.1) is 12.5 Å². The molecule has 3 amide bonds. The number of carbonyl (C=O) groups is 2. The second kappa shape index (κ2) is 9.78. The van der Waals surface area contributed by atoms with E-state index in [9.17, 15) is 9.59 Å². The fourth-order valence-corrected chi connectivity index (χ4v) is 3.22. The molecule has 2 aromatic rings. The molecule has 1 aliphatic heterocycles. The first-order valence-corrected chi connectivity index (χ1v) is 9.70. The van der Waals surface area contributed by atoms with E-state index in [4.69, 9.17) is 4.74 Å². The summed E-state index contributed by atoms with van der Waals surface area (Å²) in [5.41, 5.74) is 1.94. The Hall–Kier alpha value is -3.02. The number of benzene rings is 2. The fourth-order valence-electron chi connectivity index (χ4n) is 3.22. The summed E-state index contributed by atoms with van der Waals surface area (Å²) in [6.45, 7) is 3.99. The summed E-state index contributed by atoms with van der Waals surface area (Å²) in [5.74, 6) is 0.584. The summed E-state index contributed by atoms with van der Waals surface area (Å²) in [5, 5.41) is 5.80. The van der Waals surface area contributed by atoms with Gasteiger partial charge in [-0.2, -0.15) is 0 Å². The molecular weight excluding hydrogens is 354 g/mol. The molecule has 3 rings (SSSR count). The standard InChI is InChI=1S/C22H27N3O3/c1-17-9-11-20(12-10-17)28-15-13-23-21(26)18-6-5-14-25(16-18)22(27)24-19-7-3-2-4-8-19/h2-4,7-12,18H,5-6,13-16H2,1H3,(H,23,26)(H,24,27)/t18-/m1/s1. The van der Waals surface area contributed by atoms with Crippen molar-refractivity contribution in [2.75, 3.05) is 31.6 Å². The van der Waals surface area contributed by atoms with Crippen LogP contribution in [0.15, 0.2) is 54.6 Å². The minimum Gasteiger partial charge on any atom is -0.492 e. The molecule has 0 radical (unpaired) electrons. The minimum absolute atomic E-state index is 0.0234. The molecule has 0 saturated carbocycles. The molecule has 148 valence electrons. The van der Waals surface area contributed by atoms with Crippen molar-refractivity contribution in [3.8, 4) is 5.75 Å². The summed E-state index contributed by atoms with van der Waals surface area (Å²) in [6, 6.07) is 17.0. The average Bonchev–Trinajstić information content (AvgIpc) is 2.73. The lowest BCUT2D eigenvalue weighted by molar-refractivity contribution is -0.126. The molecule has 0 bridgehead atoms. The molecule has 2 N–H and O–H groups in total. The number of anilines is 1. The van der Waals surface area contributed by atoms with Crippen molar-refractivity contribution < 1.29 is 14.3 Å². The van der Waals surface area contributed by atoms with Crippen molar-refractivity contribution in [3.05, 3.63) is 60.2 Å². The smallest absolute Gasteiger partial charge is 0.321 e. The quantitative estimate of drug-likeness (QED) is 0.753. The van der Waals surface area contributed by atoms with Gasteiger partial charge in [-0.15, -0.1) is 0 Å². The van der Waals surface area contributed by atoms with Gasteiger partial charge in [-0.25, -0.2) is 4.79 Å². The van der Waals surface area contributed by atoms with Gasteiger partial charge in [-0.3, -0.25) is 4.79 Å². The van der Waals surface area contributed by atoms with Gasteiger partial charge in [0.25, 0.3) is 0 Å². The van der Waals surface area contributed by atoms with E-state index in [2.05, 4.69) is 10.6 Å². The third kappa shape index (κ3) is 5.74. The first kappa shape index (κ1) is 19.7. The Morgan fingerprint density at radius 3 is 2.61 bits per heavy atom. The highest BCUT2D eigenvalue weighted by atomic mass is 16.5. The number of rotatable bonds is 6. The predicted octanol–water partition coefficient (Wildman–Crippen LogP) is 3.43. The number of ether oxygens (including phenoxy) is 1. The zero-order chi connectivity index (χ0) is 19.8. The van der Waals surface area contributed by atoms with Crippen LogP contribution >= 0.6 is 0 Å². The van der Waals surface area contributed by atoms with Crippen molar-refractivity contribution in [2.24, 2.45) is 5.92 Å². The van der Waals surface area contributed by atoms with E-state index in [0.29, 0.717) is 26.2 Å². The lowest BCUT2D eigenvalue weighted by Crippen LogP contribution is -2.47. The summed E-state index contributed by atoms with van der Waals surface area (Å²) in [4.78, 5) is 26.6. The van der Waals surface area contributed by atoms with Gasteiger partial charge in [-0.1, -0.05) is 35.9 Å². The van der Waals surface area contributed by atoms with Crippen LogP contribution in [0.1, 0.15) is 18.4 Å². The molecule has 6 heteroatoms. The summed E-state index contributed by atoms with van der Waals surface area (Å²) in [6.07, 6.45) is 1.61. The molecule has 1 fully saturated rings. The minimum atomic E-state index is -0.186. The molecule has 1 saturated heterocycles. The van der Waals surface area contributed by atoms with Gasteiger partial charge in [0, 0.05) is 18.8 Å². The fraction of sp³-hybridized carbons (Fsp3) is 0.364. The molecule has 6 nitrogen and oxygen atoms in total. The molecule has 1 aliphatic rings. The number of aryl methyl sites for hydroxylation is 1. The van der Waals surface area contributed by atoms with Crippen LogP contribution < -0.4 is 15.4 Å². The third-order valence-electron chi connectivity index (χ3n) is 4.80. The molecule has 0 spiro atoms. The Labute approximate surface area is 165 Å². The Bertz CT molecular complexity index is 777. The SMILES string of the molecule is Cc1ccc(OCCNC(=O)[C@@H]2CCCN(C(=O)Nc3ccccc3)C2)cc1. The maximum atomic E-state index is 12.5. The van der Waals surface area contributed by atoms with Crippen LogP contribution in [0.2, 0.25) is 0 Å². The van der Waals surface area contributed by atoms with Gasteiger partial charge >= 0.3 is 6.03 Å². The van der Waals surface area contributed by atoms with Crippen LogP contribution in [-0.4, -0.2) is 43.1 Å². The molecule has 2 aromatic carbocycles. The van der Waals surface area contributed by atoms with E-state index in [1.165, 1.54) is 5.56 Å². The summed E-state index contributed by atoms with van der Waals surface area (Å²) >= 11 is 0. The zero-order valence-electron chi connectivity index (χ0n) is 16.2. The van der Waals surface area contributed by atoms with Crippen LogP contribution in [0.5, 0.6) is 5.75 Å². The van der Waals surface area contributed by atoms with Gasteiger partial charge < -0.3 is 20.3 Å². The number of likely N-dealkylation sites (tertiary alicyclic amines) is 1. The Balaban J connectivity index is 1.41. The van der Waals surface area contributed by atoms with Crippen LogP contribution in [0.4, 0.5) is 10.5 Å². The van der Waals surface area contributed by atoms with Crippen LogP contribution in [0, 0.1) is 12.8 Å². The van der Waals surface area contributed by atoms with Crippen molar-refractivity contribution in [2.45, 2.75) is 19.8 Å². The number of carbonyl (C=O) groups excluding carboxylic acids is 2.